The van der Waals surface area contributed by atoms with Crippen LogP contribution in [0.3, 0.4) is 0 Å². The van der Waals surface area contributed by atoms with Gasteiger partial charge in [0.25, 0.3) is 0 Å². The molecule has 0 fully saturated rings. The summed E-state index contributed by atoms with van der Waals surface area (Å²) in [5.41, 5.74) is -0.307. The lowest BCUT2D eigenvalue weighted by Crippen LogP contribution is -2.58. The van der Waals surface area contributed by atoms with Gasteiger partial charge in [0.05, 0.1) is 22.7 Å². The summed E-state index contributed by atoms with van der Waals surface area (Å²) in [7, 11) is 2.58. The lowest BCUT2D eigenvalue weighted by atomic mass is 9.97. The van der Waals surface area contributed by atoms with E-state index in [1.165, 1.54) is 25.3 Å². The maximum atomic E-state index is 13.8. The second kappa shape index (κ2) is 15.4. The van der Waals surface area contributed by atoms with Gasteiger partial charge in [0.1, 0.15) is 23.7 Å². The van der Waals surface area contributed by atoms with E-state index >= 15 is 0 Å². The van der Waals surface area contributed by atoms with Crippen LogP contribution in [-0.2, 0) is 36.7 Å². The molecule has 4 bridgehead atoms. The fourth-order valence-electron chi connectivity index (χ4n) is 4.74. The van der Waals surface area contributed by atoms with E-state index in [4.69, 9.17) is 18.9 Å². The Bertz CT molecular complexity index is 1490. The second-order valence-corrected chi connectivity index (χ2v) is 13.0. The van der Waals surface area contributed by atoms with Gasteiger partial charge in [-0.05, 0) is 78.6 Å². The van der Waals surface area contributed by atoms with Gasteiger partial charge in [-0.2, -0.15) is 0 Å². The van der Waals surface area contributed by atoms with Gasteiger partial charge >= 0.3 is 17.7 Å². The number of hydrogen-bond acceptors (Lipinski definition) is 10. The topological polar surface area (TPSA) is 184 Å². The molecular formula is C31H39IN4O10. The van der Waals surface area contributed by atoms with Gasteiger partial charge in [0, 0.05) is 18.9 Å². The average Bonchev–Trinajstić information content (AvgIpc) is 2.97. The van der Waals surface area contributed by atoms with Crippen molar-refractivity contribution in [2.45, 2.75) is 77.6 Å². The normalized spacial score (nSPS) is 17.7. The number of carbonyl (C=O) groups is 4. The molecule has 0 spiro atoms. The summed E-state index contributed by atoms with van der Waals surface area (Å²) >= 11 is 2.01. The zero-order valence-electron chi connectivity index (χ0n) is 26.7. The summed E-state index contributed by atoms with van der Waals surface area (Å²) in [6.45, 7) is 8.73. The summed E-state index contributed by atoms with van der Waals surface area (Å²) in [6, 6.07) is 3.93. The number of nitrogens with zero attached hydrogens (tertiary/aromatic N) is 1. The number of nitro benzene ring substituents is 1. The summed E-state index contributed by atoms with van der Waals surface area (Å²) < 4.78 is 22.4. The van der Waals surface area contributed by atoms with E-state index < -0.39 is 52.5 Å². The highest BCUT2D eigenvalue weighted by Crippen LogP contribution is 2.40. The van der Waals surface area contributed by atoms with Crippen LogP contribution in [0.25, 0.3) is 0 Å². The molecule has 14 nitrogen and oxygen atoms in total. The molecule has 15 heteroatoms. The minimum atomic E-state index is -1.25. The summed E-state index contributed by atoms with van der Waals surface area (Å²) in [4.78, 5) is 64.3. The molecule has 3 N–H and O–H groups in total. The summed E-state index contributed by atoms with van der Waals surface area (Å²) in [5.74, 6) is -2.09. The second-order valence-electron chi connectivity index (χ2n) is 11.8. The van der Waals surface area contributed by atoms with Crippen molar-refractivity contribution in [2.75, 3.05) is 14.2 Å². The predicted octanol–water partition coefficient (Wildman–Crippen LogP) is 4.18. The van der Waals surface area contributed by atoms with Gasteiger partial charge in [0.15, 0.2) is 11.5 Å². The molecule has 0 saturated heterocycles. The molecule has 0 unspecified atom stereocenters. The molecule has 2 aromatic rings. The molecule has 3 amide bonds. The molecule has 0 radical (unpaired) electrons. The minimum Gasteiger partial charge on any atom is -0.492 e. The number of ether oxygens (including phenoxy) is 4. The van der Waals surface area contributed by atoms with Crippen LogP contribution in [-0.4, -0.2) is 66.7 Å². The van der Waals surface area contributed by atoms with E-state index in [1.807, 2.05) is 29.5 Å². The largest absolute Gasteiger partial charge is 0.492 e. The first-order chi connectivity index (χ1) is 21.6. The van der Waals surface area contributed by atoms with Gasteiger partial charge in [-0.25, -0.2) is 9.59 Å². The van der Waals surface area contributed by atoms with Gasteiger partial charge < -0.3 is 34.9 Å². The number of fused-ring (bicyclic) bond motifs is 7. The molecule has 0 saturated carbocycles. The standard InChI is InChI=1S/C31H39IN4O10/c1-8-16(2)25(35-30(40)46-31(3,4)5)28(38)33-20-13-18-11-19(32)26(43-6)24(15-18)45-23-10-9-17(14-22(23)36(41)42)12-21(29(39)44-7)34-27(20)37/h9-11,14-16,20-21,25H,8,12-13H2,1-7H3,(H,33,38)(H,34,37)(H,35,40)/t16-,20-,21-,25-/m0/s1. The number of nitro groups is 1. The number of rotatable bonds is 8. The van der Waals surface area contributed by atoms with Gasteiger partial charge in [0.2, 0.25) is 17.6 Å². The third-order valence-electron chi connectivity index (χ3n) is 7.20. The molecule has 4 rings (SSSR count). The number of amides is 3. The number of nitrogens with one attached hydrogen (secondary N) is 3. The predicted molar refractivity (Wildman–Crippen MR) is 175 cm³/mol. The lowest BCUT2D eigenvalue weighted by Gasteiger charge is -2.29. The number of alkyl carbamates (subject to hydrolysis) is 1. The Balaban J connectivity index is 2.10. The fraction of sp³-hybridized carbons (Fsp3) is 0.484. The maximum absolute atomic E-state index is 13.8. The Hall–Kier alpha value is -4.15. The van der Waals surface area contributed by atoms with Crippen molar-refractivity contribution < 1.29 is 43.0 Å². The minimum absolute atomic E-state index is 0.0646. The van der Waals surface area contributed by atoms with Crippen LogP contribution >= 0.6 is 22.6 Å². The Morgan fingerprint density at radius 1 is 1.13 bits per heavy atom. The van der Waals surface area contributed by atoms with E-state index in [0.717, 1.165) is 7.11 Å². The molecule has 4 atom stereocenters. The molecule has 2 aliphatic rings. The van der Waals surface area contributed by atoms with Crippen LogP contribution in [0.2, 0.25) is 0 Å². The maximum Gasteiger partial charge on any atom is 0.408 e. The van der Waals surface area contributed by atoms with Crippen LogP contribution in [0.1, 0.15) is 52.2 Å². The number of carbonyl (C=O) groups excluding carboxylic acids is 4. The van der Waals surface area contributed by atoms with Crippen molar-refractivity contribution in [3.63, 3.8) is 0 Å². The molecule has 2 aliphatic heterocycles. The van der Waals surface area contributed by atoms with Gasteiger partial charge in [-0.1, -0.05) is 26.3 Å². The van der Waals surface area contributed by atoms with Gasteiger partial charge in [-0.15, -0.1) is 0 Å². The SMILES string of the molecule is CC[C@H](C)[C@H](NC(=O)OC(C)(C)C)C(=O)N[C@H]1Cc2cc(I)c(OC)c(c2)Oc2ccc(cc2[N+](=O)[O-])C[C@@H](C(=O)OC)NC1=O. The van der Waals surface area contributed by atoms with Crippen LogP contribution in [0, 0.1) is 19.6 Å². The third kappa shape index (κ3) is 9.43. The highest BCUT2D eigenvalue weighted by molar-refractivity contribution is 14.1. The molecule has 2 heterocycles. The van der Waals surface area contributed by atoms with Crippen molar-refractivity contribution >= 4 is 52.2 Å². The Labute approximate surface area is 280 Å². The van der Waals surface area contributed by atoms with Crippen molar-refractivity contribution in [3.05, 3.63) is 55.1 Å². The molecule has 46 heavy (non-hydrogen) atoms. The lowest BCUT2D eigenvalue weighted by molar-refractivity contribution is -0.385. The molecule has 2 aromatic carbocycles. The Morgan fingerprint density at radius 3 is 2.41 bits per heavy atom. The zero-order valence-corrected chi connectivity index (χ0v) is 28.9. The number of methoxy groups -OCH3 is 2. The zero-order chi connectivity index (χ0) is 34.3. The van der Waals surface area contributed by atoms with Crippen molar-refractivity contribution in [2.24, 2.45) is 5.92 Å². The van der Waals surface area contributed by atoms with E-state index in [0.29, 0.717) is 26.9 Å². The van der Waals surface area contributed by atoms with E-state index in [-0.39, 0.29) is 35.9 Å². The van der Waals surface area contributed by atoms with E-state index in [1.54, 1.807) is 39.8 Å². The number of hydrogen-bond donors (Lipinski definition) is 3. The first-order valence-electron chi connectivity index (χ1n) is 14.6. The summed E-state index contributed by atoms with van der Waals surface area (Å²) in [5, 5.41) is 20.0. The van der Waals surface area contributed by atoms with Crippen LogP contribution in [0.4, 0.5) is 10.5 Å². The number of halogens is 1. The Morgan fingerprint density at radius 2 is 1.83 bits per heavy atom. The van der Waals surface area contributed by atoms with Crippen LogP contribution in [0.5, 0.6) is 17.2 Å². The summed E-state index contributed by atoms with van der Waals surface area (Å²) in [6.07, 6.45) is -0.499. The molecule has 0 aliphatic carbocycles. The van der Waals surface area contributed by atoms with Crippen LogP contribution < -0.4 is 25.4 Å². The molecule has 250 valence electrons. The number of esters is 1. The molecular weight excluding hydrogens is 715 g/mol. The highest BCUT2D eigenvalue weighted by Gasteiger charge is 2.34. The van der Waals surface area contributed by atoms with E-state index in [9.17, 15) is 29.3 Å². The van der Waals surface area contributed by atoms with Crippen LogP contribution in [0.15, 0.2) is 30.3 Å². The first-order valence-corrected chi connectivity index (χ1v) is 15.6. The monoisotopic (exact) mass is 754 g/mol. The Kier molecular flexibility index (Phi) is 12.2. The van der Waals surface area contributed by atoms with Crippen molar-refractivity contribution in [3.8, 4) is 17.2 Å². The van der Waals surface area contributed by atoms with Crippen molar-refractivity contribution in [1.29, 1.82) is 0 Å². The quantitative estimate of drug-likeness (QED) is 0.153. The average molecular weight is 755 g/mol. The highest BCUT2D eigenvalue weighted by atomic mass is 127. The smallest absolute Gasteiger partial charge is 0.408 e. The number of benzene rings is 2. The van der Waals surface area contributed by atoms with E-state index in [2.05, 4.69) is 16.0 Å². The third-order valence-corrected chi connectivity index (χ3v) is 8.00. The molecule has 0 aromatic heterocycles. The first kappa shape index (κ1) is 36.3. The van der Waals surface area contributed by atoms with Gasteiger partial charge in [-0.3, -0.25) is 19.7 Å². The van der Waals surface area contributed by atoms with Crippen molar-refractivity contribution in [1.82, 2.24) is 16.0 Å². The fourth-order valence-corrected chi connectivity index (χ4v) is 5.62.